The van der Waals surface area contributed by atoms with E-state index in [0.717, 1.165) is 24.3 Å². The molecule has 4 bridgehead atoms. The zero-order valence-electron chi connectivity index (χ0n) is 11.6. The predicted molar refractivity (Wildman–Crippen MR) is 76.6 cm³/mol. The predicted octanol–water partition coefficient (Wildman–Crippen LogP) is 4.05. The minimum Gasteiger partial charge on any atom is -0.305 e. The van der Waals surface area contributed by atoms with E-state index in [0.29, 0.717) is 11.5 Å². The van der Waals surface area contributed by atoms with Gasteiger partial charge in [0.1, 0.15) is 0 Å². The van der Waals surface area contributed by atoms with Crippen molar-refractivity contribution < 1.29 is 0 Å². The van der Waals surface area contributed by atoms with Crippen molar-refractivity contribution in [1.82, 2.24) is 5.32 Å². The van der Waals surface area contributed by atoms with E-state index in [1.165, 1.54) is 19.3 Å². The molecule has 1 aliphatic heterocycles. The van der Waals surface area contributed by atoms with Crippen molar-refractivity contribution in [2.45, 2.75) is 51.1 Å². The third kappa shape index (κ3) is 1.45. The Morgan fingerprint density at radius 1 is 0.895 bits per heavy atom. The molecule has 0 aromatic heterocycles. The summed E-state index contributed by atoms with van der Waals surface area (Å²) in [7, 11) is 0. The first-order chi connectivity index (χ1) is 9.32. The fourth-order valence-corrected chi connectivity index (χ4v) is 6.38. The molecule has 1 aromatic rings. The summed E-state index contributed by atoms with van der Waals surface area (Å²) in [4.78, 5) is 0. The van der Waals surface area contributed by atoms with Crippen LogP contribution in [0, 0.1) is 23.2 Å². The Hall–Kier alpha value is -0.820. The molecule has 19 heavy (non-hydrogen) atoms. The largest absolute Gasteiger partial charge is 0.305 e. The van der Waals surface area contributed by atoms with Crippen LogP contribution in [0.2, 0.25) is 0 Å². The van der Waals surface area contributed by atoms with E-state index in [1.54, 1.807) is 30.4 Å². The molecule has 1 nitrogen and oxygen atoms in total. The summed E-state index contributed by atoms with van der Waals surface area (Å²) in [5.74, 6) is 3.17. The molecule has 0 spiro atoms. The smallest absolute Gasteiger partial charge is 0.0383 e. The van der Waals surface area contributed by atoms with Crippen molar-refractivity contribution in [2.24, 2.45) is 23.2 Å². The van der Waals surface area contributed by atoms with Gasteiger partial charge >= 0.3 is 0 Å². The lowest BCUT2D eigenvalue weighted by atomic mass is 9.47. The van der Waals surface area contributed by atoms with Crippen LogP contribution in [0.4, 0.5) is 0 Å². The Balaban J connectivity index is 1.57. The molecule has 0 radical (unpaired) electrons. The molecule has 6 rings (SSSR count). The van der Waals surface area contributed by atoms with Gasteiger partial charge in [-0.3, -0.25) is 0 Å². The normalized spacial score (nSPS) is 46.5. The van der Waals surface area contributed by atoms with Crippen LogP contribution in [0.25, 0.3) is 0 Å². The Morgan fingerprint density at radius 3 is 2.21 bits per heavy atom. The molecule has 1 atom stereocenters. The van der Waals surface area contributed by atoms with Crippen molar-refractivity contribution in [3.63, 3.8) is 0 Å². The summed E-state index contributed by atoms with van der Waals surface area (Å²) in [5.41, 5.74) is 3.80. The van der Waals surface area contributed by atoms with Crippen LogP contribution in [0.3, 0.4) is 0 Å². The quantitative estimate of drug-likeness (QED) is 0.796. The molecule has 1 unspecified atom stereocenters. The molecular weight excluding hydrogens is 230 g/mol. The summed E-state index contributed by atoms with van der Waals surface area (Å²) in [6, 6.07) is 9.81. The zero-order valence-corrected chi connectivity index (χ0v) is 11.6. The van der Waals surface area contributed by atoms with Gasteiger partial charge in [-0.15, -0.1) is 0 Å². The number of hydrogen-bond acceptors (Lipinski definition) is 1. The summed E-state index contributed by atoms with van der Waals surface area (Å²) in [6.07, 6.45) is 9.16. The van der Waals surface area contributed by atoms with Crippen LogP contribution >= 0.6 is 0 Å². The molecule has 1 heteroatoms. The van der Waals surface area contributed by atoms with Gasteiger partial charge in [0, 0.05) is 12.6 Å². The lowest BCUT2D eigenvalue weighted by molar-refractivity contribution is -0.0730. The van der Waals surface area contributed by atoms with Gasteiger partial charge in [0.25, 0.3) is 0 Å². The van der Waals surface area contributed by atoms with Gasteiger partial charge in [-0.2, -0.15) is 0 Å². The number of fused-ring (bicyclic) bond motifs is 1. The van der Waals surface area contributed by atoms with Crippen LogP contribution in [-0.2, 0) is 6.54 Å². The third-order valence-electron chi connectivity index (χ3n) is 6.56. The van der Waals surface area contributed by atoms with E-state index in [2.05, 4.69) is 29.6 Å². The van der Waals surface area contributed by atoms with Crippen molar-refractivity contribution >= 4 is 0 Å². The van der Waals surface area contributed by atoms with Crippen LogP contribution in [0.5, 0.6) is 0 Å². The SMILES string of the molecule is c1ccc2c(c1)CNC2C12CC3CC(CC(C3)C1)C2. The van der Waals surface area contributed by atoms with Crippen molar-refractivity contribution in [3.8, 4) is 0 Å². The lowest BCUT2D eigenvalue weighted by Gasteiger charge is -2.59. The van der Waals surface area contributed by atoms with Gasteiger partial charge in [-0.05, 0) is 72.8 Å². The second-order valence-corrected chi connectivity index (χ2v) is 7.79. The van der Waals surface area contributed by atoms with E-state index in [9.17, 15) is 0 Å². The fraction of sp³-hybridized carbons (Fsp3) is 0.667. The average molecular weight is 253 g/mol. The molecule has 1 N–H and O–H groups in total. The highest BCUT2D eigenvalue weighted by Gasteiger charge is 2.55. The Morgan fingerprint density at radius 2 is 1.53 bits per heavy atom. The van der Waals surface area contributed by atoms with E-state index in [-0.39, 0.29) is 0 Å². The standard InChI is InChI=1S/C18H23N/c1-2-4-16-15(3-1)11-19-17(16)18-8-12-5-13(9-18)7-14(6-12)10-18/h1-4,12-14,17,19H,5-11H2. The number of hydrogen-bond donors (Lipinski definition) is 1. The highest BCUT2D eigenvalue weighted by molar-refractivity contribution is 5.36. The van der Waals surface area contributed by atoms with Gasteiger partial charge in [-0.1, -0.05) is 24.3 Å². The summed E-state index contributed by atoms with van der Waals surface area (Å²) >= 11 is 0. The van der Waals surface area contributed by atoms with Crippen molar-refractivity contribution in [1.29, 1.82) is 0 Å². The zero-order chi connectivity index (χ0) is 12.4. The average Bonchev–Trinajstić information content (AvgIpc) is 2.81. The highest BCUT2D eigenvalue weighted by atomic mass is 15.0. The van der Waals surface area contributed by atoms with Gasteiger partial charge in [0.15, 0.2) is 0 Å². The second kappa shape index (κ2) is 3.63. The van der Waals surface area contributed by atoms with Gasteiger partial charge in [0.2, 0.25) is 0 Å². The molecule has 0 amide bonds. The maximum Gasteiger partial charge on any atom is 0.0383 e. The van der Waals surface area contributed by atoms with E-state index >= 15 is 0 Å². The summed E-state index contributed by atoms with van der Waals surface area (Å²) in [5, 5.41) is 3.88. The summed E-state index contributed by atoms with van der Waals surface area (Å²) in [6.45, 7) is 1.10. The molecule has 1 aromatic carbocycles. The van der Waals surface area contributed by atoms with Crippen LogP contribution < -0.4 is 5.32 Å². The topological polar surface area (TPSA) is 12.0 Å². The maximum absolute atomic E-state index is 3.88. The Kier molecular flexibility index (Phi) is 2.09. The van der Waals surface area contributed by atoms with Crippen LogP contribution in [-0.4, -0.2) is 0 Å². The first kappa shape index (κ1) is 10.9. The molecule has 0 saturated heterocycles. The van der Waals surface area contributed by atoms with Gasteiger partial charge in [0.05, 0.1) is 0 Å². The van der Waals surface area contributed by atoms with Crippen LogP contribution in [0.15, 0.2) is 24.3 Å². The van der Waals surface area contributed by atoms with Crippen LogP contribution in [0.1, 0.15) is 55.7 Å². The first-order valence-corrected chi connectivity index (χ1v) is 8.14. The molecule has 4 aliphatic carbocycles. The molecule has 4 fully saturated rings. The first-order valence-electron chi connectivity index (χ1n) is 8.14. The fourth-order valence-electron chi connectivity index (χ4n) is 6.38. The minimum atomic E-state index is 0.612. The molecule has 5 aliphatic rings. The van der Waals surface area contributed by atoms with E-state index < -0.39 is 0 Å². The number of nitrogens with one attached hydrogen (secondary N) is 1. The number of rotatable bonds is 1. The Bertz CT molecular complexity index is 483. The molecular formula is C18H23N. The lowest BCUT2D eigenvalue weighted by Crippen LogP contribution is -2.50. The highest BCUT2D eigenvalue weighted by Crippen LogP contribution is 2.64. The van der Waals surface area contributed by atoms with E-state index in [4.69, 9.17) is 0 Å². The van der Waals surface area contributed by atoms with Gasteiger partial charge in [-0.25, -0.2) is 0 Å². The van der Waals surface area contributed by atoms with E-state index in [1.807, 2.05) is 0 Å². The third-order valence-corrected chi connectivity index (χ3v) is 6.56. The summed E-state index contributed by atoms with van der Waals surface area (Å²) < 4.78 is 0. The second-order valence-electron chi connectivity index (χ2n) is 7.79. The van der Waals surface area contributed by atoms with Gasteiger partial charge < -0.3 is 5.32 Å². The van der Waals surface area contributed by atoms with Crippen molar-refractivity contribution in [3.05, 3.63) is 35.4 Å². The minimum absolute atomic E-state index is 0.612. The molecule has 4 saturated carbocycles. The monoisotopic (exact) mass is 253 g/mol. The maximum atomic E-state index is 3.88. The molecule has 100 valence electrons. The van der Waals surface area contributed by atoms with Crippen molar-refractivity contribution in [2.75, 3.05) is 0 Å². The number of benzene rings is 1. The molecule has 1 heterocycles. The Labute approximate surface area is 115 Å².